The standard InChI is InChI=1S/C19H31N/c1-15(2)13-20-14-19(11-5-6-12-19)18-9-7-17(8-10-18)16(3)4/h7-10,15-16,20H,5-6,11-14H2,1-4H3. The molecular weight excluding hydrogens is 242 g/mol. The first-order chi connectivity index (χ1) is 9.53. The molecule has 20 heavy (non-hydrogen) atoms. The van der Waals surface area contributed by atoms with Crippen LogP contribution >= 0.6 is 0 Å². The summed E-state index contributed by atoms with van der Waals surface area (Å²) in [6, 6.07) is 9.44. The van der Waals surface area contributed by atoms with E-state index in [1.807, 2.05) is 0 Å². The summed E-state index contributed by atoms with van der Waals surface area (Å²) >= 11 is 0. The number of benzene rings is 1. The molecule has 112 valence electrons. The van der Waals surface area contributed by atoms with E-state index in [2.05, 4.69) is 57.3 Å². The van der Waals surface area contributed by atoms with E-state index in [9.17, 15) is 0 Å². The summed E-state index contributed by atoms with van der Waals surface area (Å²) in [5.41, 5.74) is 3.40. The van der Waals surface area contributed by atoms with E-state index in [0.29, 0.717) is 11.3 Å². The lowest BCUT2D eigenvalue weighted by atomic mass is 9.78. The van der Waals surface area contributed by atoms with Crippen molar-refractivity contribution in [1.29, 1.82) is 0 Å². The number of hydrogen-bond acceptors (Lipinski definition) is 1. The zero-order valence-electron chi connectivity index (χ0n) is 13.7. The Morgan fingerprint density at radius 3 is 2.10 bits per heavy atom. The summed E-state index contributed by atoms with van der Waals surface area (Å²) in [4.78, 5) is 0. The van der Waals surface area contributed by atoms with E-state index in [1.54, 1.807) is 5.56 Å². The maximum Gasteiger partial charge on any atom is 0.00777 e. The minimum Gasteiger partial charge on any atom is -0.316 e. The third kappa shape index (κ3) is 3.63. The molecule has 0 aliphatic heterocycles. The Labute approximate surface area is 125 Å². The molecule has 2 rings (SSSR count). The molecule has 0 unspecified atom stereocenters. The summed E-state index contributed by atoms with van der Waals surface area (Å²) < 4.78 is 0. The van der Waals surface area contributed by atoms with Crippen molar-refractivity contribution in [2.45, 2.75) is 64.7 Å². The van der Waals surface area contributed by atoms with Gasteiger partial charge in [-0.25, -0.2) is 0 Å². The molecule has 1 aliphatic rings. The smallest absolute Gasteiger partial charge is 0.00777 e. The predicted molar refractivity (Wildman–Crippen MR) is 88.4 cm³/mol. The van der Waals surface area contributed by atoms with Gasteiger partial charge in [0.1, 0.15) is 0 Å². The van der Waals surface area contributed by atoms with Crippen molar-refractivity contribution in [3.8, 4) is 0 Å². The molecule has 1 nitrogen and oxygen atoms in total. The zero-order valence-corrected chi connectivity index (χ0v) is 13.7. The van der Waals surface area contributed by atoms with Crippen LogP contribution in [0.4, 0.5) is 0 Å². The molecule has 1 saturated carbocycles. The highest BCUT2D eigenvalue weighted by Crippen LogP contribution is 2.41. The topological polar surface area (TPSA) is 12.0 Å². The highest BCUT2D eigenvalue weighted by atomic mass is 14.9. The SMILES string of the molecule is CC(C)CNCC1(c2ccc(C(C)C)cc2)CCCC1. The van der Waals surface area contributed by atoms with Gasteiger partial charge in [-0.2, -0.15) is 0 Å². The minimum absolute atomic E-state index is 0.393. The van der Waals surface area contributed by atoms with Crippen LogP contribution in [0.15, 0.2) is 24.3 Å². The quantitative estimate of drug-likeness (QED) is 0.780. The third-order valence-electron chi connectivity index (χ3n) is 4.77. The van der Waals surface area contributed by atoms with Gasteiger partial charge in [-0.05, 0) is 42.3 Å². The van der Waals surface area contributed by atoms with Crippen molar-refractivity contribution >= 4 is 0 Å². The molecule has 0 bridgehead atoms. The molecule has 1 fully saturated rings. The summed E-state index contributed by atoms with van der Waals surface area (Å²) in [7, 11) is 0. The van der Waals surface area contributed by atoms with E-state index in [1.165, 1.54) is 31.2 Å². The molecular formula is C19H31N. The average molecular weight is 273 g/mol. The largest absolute Gasteiger partial charge is 0.316 e. The van der Waals surface area contributed by atoms with Gasteiger partial charge in [-0.3, -0.25) is 0 Å². The molecule has 0 atom stereocenters. The van der Waals surface area contributed by atoms with Gasteiger partial charge in [0.05, 0.1) is 0 Å². The third-order valence-corrected chi connectivity index (χ3v) is 4.77. The summed E-state index contributed by atoms with van der Waals surface area (Å²) in [6.45, 7) is 11.4. The van der Waals surface area contributed by atoms with Crippen LogP contribution in [0.1, 0.15) is 70.4 Å². The van der Waals surface area contributed by atoms with Crippen LogP contribution in [0.2, 0.25) is 0 Å². The Bertz CT molecular complexity index is 396. The number of rotatable bonds is 6. The van der Waals surface area contributed by atoms with Gasteiger partial charge in [-0.15, -0.1) is 0 Å². The van der Waals surface area contributed by atoms with Gasteiger partial charge in [0, 0.05) is 12.0 Å². The lowest BCUT2D eigenvalue weighted by Crippen LogP contribution is -2.37. The van der Waals surface area contributed by atoms with Crippen molar-refractivity contribution in [1.82, 2.24) is 5.32 Å². The van der Waals surface area contributed by atoms with Crippen LogP contribution < -0.4 is 5.32 Å². The van der Waals surface area contributed by atoms with E-state index in [4.69, 9.17) is 0 Å². The second kappa shape index (κ2) is 6.76. The van der Waals surface area contributed by atoms with Crippen LogP contribution in [0.3, 0.4) is 0 Å². The zero-order chi connectivity index (χ0) is 14.6. The van der Waals surface area contributed by atoms with Crippen molar-refractivity contribution in [2.75, 3.05) is 13.1 Å². The molecule has 0 heterocycles. The molecule has 1 heteroatoms. The minimum atomic E-state index is 0.393. The van der Waals surface area contributed by atoms with E-state index in [-0.39, 0.29) is 0 Å². The molecule has 0 aromatic heterocycles. The van der Waals surface area contributed by atoms with Gasteiger partial charge in [0.15, 0.2) is 0 Å². The van der Waals surface area contributed by atoms with Crippen molar-refractivity contribution in [2.24, 2.45) is 5.92 Å². The van der Waals surface area contributed by atoms with Crippen molar-refractivity contribution in [3.05, 3.63) is 35.4 Å². The first kappa shape index (κ1) is 15.6. The van der Waals surface area contributed by atoms with Crippen molar-refractivity contribution in [3.63, 3.8) is 0 Å². The Morgan fingerprint density at radius 1 is 1.00 bits per heavy atom. The van der Waals surface area contributed by atoms with Gasteiger partial charge in [-0.1, -0.05) is 64.8 Å². The molecule has 0 radical (unpaired) electrons. The van der Waals surface area contributed by atoms with E-state index < -0.39 is 0 Å². The number of hydrogen-bond donors (Lipinski definition) is 1. The lowest BCUT2D eigenvalue weighted by molar-refractivity contribution is 0.391. The van der Waals surface area contributed by atoms with Crippen LogP contribution in [0.5, 0.6) is 0 Å². The number of nitrogens with one attached hydrogen (secondary N) is 1. The molecule has 0 saturated heterocycles. The average Bonchev–Trinajstić information content (AvgIpc) is 2.88. The molecule has 1 aliphatic carbocycles. The molecule has 0 spiro atoms. The van der Waals surface area contributed by atoms with Gasteiger partial charge in [0.2, 0.25) is 0 Å². The monoisotopic (exact) mass is 273 g/mol. The van der Waals surface area contributed by atoms with Crippen LogP contribution in [0, 0.1) is 5.92 Å². The first-order valence-corrected chi connectivity index (χ1v) is 8.35. The second-order valence-corrected chi connectivity index (χ2v) is 7.29. The second-order valence-electron chi connectivity index (χ2n) is 7.29. The van der Waals surface area contributed by atoms with Gasteiger partial charge in [0.25, 0.3) is 0 Å². The Morgan fingerprint density at radius 2 is 1.60 bits per heavy atom. The maximum absolute atomic E-state index is 3.70. The van der Waals surface area contributed by atoms with Gasteiger partial charge >= 0.3 is 0 Å². The summed E-state index contributed by atoms with van der Waals surface area (Å²) in [5, 5.41) is 3.70. The Balaban J connectivity index is 2.11. The van der Waals surface area contributed by atoms with E-state index in [0.717, 1.165) is 19.0 Å². The molecule has 1 aromatic carbocycles. The van der Waals surface area contributed by atoms with Gasteiger partial charge < -0.3 is 5.32 Å². The van der Waals surface area contributed by atoms with E-state index >= 15 is 0 Å². The Kier molecular flexibility index (Phi) is 5.26. The highest BCUT2D eigenvalue weighted by molar-refractivity contribution is 5.32. The van der Waals surface area contributed by atoms with Crippen LogP contribution in [-0.2, 0) is 5.41 Å². The fourth-order valence-corrected chi connectivity index (χ4v) is 3.44. The van der Waals surface area contributed by atoms with Crippen LogP contribution in [0.25, 0.3) is 0 Å². The molecule has 1 aromatic rings. The summed E-state index contributed by atoms with van der Waals surface area (Å²) in [6.07, 6.45) is 5.46. The predicted octanol–water partition coefficient (Wildman–Crippen LogP) is 4.87. The Hall–Kier alpha value is -0.820. The summed E-state index contributed by atoms with van der Waals surface area (Å²) in [5.74, 6) is 1.36. The normalized spacial score (nSPS) is 18.1. The van der Waals surface area contributed by atoms with Crippen LogP contribution in [-0.4, -0.2) is 13.1 Å². The van der Waals surface area contributed by atoms with Crippen molar-refractivity contribution < 1.29 is 0 Å². The molecule has 0 amide bonds. The maximum atomic E-state index is 3.70. The fraction of sp³-hybridized carbons (Fsp3) is 0.684. The first-order valence-electron chi connectivity index (χ1n) is 8.35. The molecule has 1 N–H and O–H groups in total. The lowest BCUT2D eigenvalue weighted by Gasteiger charge is -2.31. The fourth-order valence-electron chi connectivity index (χ4n) is 3.44. The highest BCUT2D eigenvalue weighted by Gasteiger charge is 2.35.